The first-order valence-corrected chi connectivity index (χ1v) is 6.40. The molecule has 90 valence electrons. The molecule has 1 aromatic rings. The van der Waals surface area contributed by atoms with Crippen molar-refractivity contribution in [3.63, 3.8) is 0 Å². The van der Waals surface area contributed by atoms with Gasteiger partial charge in [-0.05, 0) is 31.6 Å². The SMILES string of the molecule is CNc1nc(C)cn1CC1CCC(C)CC1. The number of imidazole rings is 1. The van der Waals surface area contributed by atoms with Gasteiger partial charge in [0.05, 0.1) is 5.69 Å². The fourth-order valence-corrected chi connectivity index (χ4v) is 2.68. The summed E-state index contributed by atoms with van der Waals surface area (Å²) in [4.78, 5) is 4.46. The van der Waals surface area contributed by atoms with Crippen LogP contribution in [0.2, 0.25) is 0 Å². The predicted molar refractivity (Wildman–Crippen MR) is 67.6 cm³/mol. The number of aryl methyl sites for hydroxylation is 1. The van der Waals surface area contributed by atoms with E-state index in [4.69, 9.17) is 0 Å². The molecule has 0 amide bonds. The van der Waals surface area contributed by atoms with Gasteiger partial charge in [0.2, 0.25) is 5.95 Å². The summed E-state index contributed by atoms with van der Waals surface area (Å²) in [5.74, 6) is 2.79. The minimum atomic E-state index is 0.844. The molecule has 0 saturated heterocycles. The molecule has 1 aromatic heterocycles. The van der Waals surface area contributed by atoms with E-state index in [1.54, 1.807) is 0 Å². The third kappa shape index (κ3) is 2.57. The van der Waals surface area contributed by atoms with E-state index in [-0.39, 0.29) is 0 Å². The Balaban J connectivity index is 1.97. The second-order valence-electron chi connectivity index (χ2n) is 5.23. The maximum absolute atomic E-state index is 4.46. The minimum Gasteiger partial charge on any atom is -0.359 e. The monoisotopic (exact) mass is 221 g/mol. The lowest BCUT2D eigenvalue weighted by Crippen LogP contribution is -2.18. The van der Waals surface area contributed by atoms with Gasteiger partial charge in [-0.15, -0.1) is 0 Å². The van der Waals surface area contributed by atoms with Crippen LogP contribution in [0.25, 0.3) is 0 Å². The zero-order valence-corrected chi connectivity index (χ0v) is 10.7. The molecule has 1 aliphatic rings. The summed E-state index contributed by atoms with van der Waals surface area (Å²) < 4.78 is 2.27. The molecule has 2 rings (SSSR count). The Kier molecular flexibility index (Phi) is 3.52. The molecule has 1 N–H and O–H groups in total. The van der Waals surface area contributed by atoms with Crippen LogP contribution < -0.4 is 5.32 Å². The standard InChI is InChI=1S/C13H23N3/c1-10-4-6-12(7-5-10)9-16-8-11(2)15-13(16)14-3/h8,10,12H,4-7,9H2,1-3H3,(H,14,15). The lowest BCUT2D eigenvalue weighted by molar-refractivity contribution is 0.265. The number of rotatable bonds is 3. The summed E-state index contributed by atoms with van der Waals surface area (Å²) in [5.41, 5.74) is 1.11. The molecule has 0 spiro atoms. The van der Waals surface area contributed by atoms with Gasteiger partial charge in [-0.25, -0.2) is 4.98 Å². The highest BCUT2D eigenvalue weighted by molar-refractivity contribution is 5.27. The van der Waals surface area contributed by atoms with Gasteiger partial charge in [-0.3, -0.25) is 0 Å². The van der Waals surface area contributed by atoms with Crippen molar-refractivity contribution in [3.8, 4) is 0 Å². The molecule has 0 aliphatic heterocycles. The molecule has 3 heteroatoms. The lowest BCUT2D eigenvalue weighted by Gasteiger charge is -2.26. The van der Waals surface area contributed by atoms with E-state index in [2.05, 4.69) is 34.9 Å². The number of aromatic nitrogens is 2. The van der Waals surface area contributed by atoms with Crippen LogP contribution in [0.1, 0.15) is 38.3 Å². The second kappa shape index (κ2) is 4.89. The van der Waals surface area contributed by atoms with Crippen LogP contribution in [0.15, 0.2) is 6.20 Å². The van der Waals surface area contributed by atoms with E-state index < -0.39 is 0 Å². The molecular weight excluding hydrogens is 198 g/mol. The van der Waals surface area contributed by atoms with Crippen molar-refractivity contribution in [3.05, 3.63) is 11.9 Å². The Morgan fingerprint density at radius 3 is 2.69 bits per heavy atom. The molecule has 0 aromatic carbocycles. The first-order valence-electron chi connectivity index (χ1n) is 6.40. The van der Waals surface area contributed by atoms with Crippen LogP contribution in [0.3, 0.4) is 0 Å². The third-order valence-corrected chi connectivity index (χ3v) is 3.71. The lowest BCUT2D eigenvalue weighted by atomic mass is 9.83. The first-order chi connectivity index (χ1) is 7.69. The van der Waals surface area contributed by atoms with Gasteiger partial charge in [0.15, 0.2) is 0 Å². The van der Waals surface area contributed by atoms with Crippen molar-refractivity contribution in [2.75, 3.05) is 12.4 Å². The van der Waals surface area contributed by atoms with E-state index in [1.807, 2.05) is 7.05 Å². The average Bonchev–Trinajstić information content (AvgIpc) is 2.62. The van der Waals surface area contributed by atoms with Gasteiger partial charge in [0.25, 0.3) is 0 Å². The van der Waals surface area contributed by atoms with E-state index in [0.29, 0.717) is 0 Å². The highest BCUT2D eigenvalue weighted by Gasteiger charge is 2.19. The van der Waals surface area contributed by atoms with E-state index >= 15 is 0 Å². The molecule has 0 radical (unpaired) electrons. The van der Waals surface area contributed by atoms with Crippen LogP contribution in [-0.2, 0) is 6.54 Å². The molecule has 1 saturated carbocycles. The fraction of sp³-hybridized carbons (Fsp3) is 0.769. The number of hydrogen-bond donors (Lipinski definition) is 1. The maximum atomic E-state index is 4.46. The van der Waals surface area contributed by atoms with Gasteiger partial charge < -0.3 is 9.88 Å². The molecule has 16 heavy (non-hydrogen) atoms. The highest BCUT2D eigenvalue weighted by Crippen LogP contribution is 2.29. The Morgan fingerprint density at radius 2 is 2.06 bits per heavy atom. The van der Waals surface area contributed by atoms with Gasteiger partial charge in [0, 0.05) is 19.8 Å². The van der Waals surface area contributed by atoms with Crippen molar-refractivity contribution in [2.24, 2.45) is 11.8 Å². The van der Waals surface area contributed by atoms with Crippen molar-refractivity contribution in [1.29, 1.82) is 0 Å². The molecule has 1 heterocycles. The Bertz CT molecular complexity index is 335. The molecule has 3 nitrogen and oxygen atoms in total. The van der Waals surface area contributed by atoms with Crippen LogP contribution in [0.4, 0.5) is 5.95 Å². The van der Waals surface area contributed by atoms with Gasteiger partial charge >= 0.3 is 0 Å². The molecule has 1 fully saturated rings. The van der Waals surface area contributed by atoms with Crippen molar-refractivity contribution in [2.45, 2.75) is 46.1 Å². The first kappa shape index (κ1) is 11.5. The summed E-state index contributed by atoms with van der Waals surface area (Å²) >= 11 is 0. The number of hydrogen-bond acceptors (Lipinski definition) is 2. The van der Waals surface area contributed by atoms with Gasteiger partial charge in [-0.2, -0.15) is 0 Å². The molecule has 0 unspecified atom stereocenters. The third-order valence-electron chi connectivity index (χ3n) is 3.71. The predicted octanol–water partition coefficient (Wildman–Crippen LogP) is 3.06. The van der Waals surface area contributed by atoms with Gasteiger partial charge in [0.1, 0.15) is 0 Å². The average molecular weight is 221 g/mol. The summed E-state index contributed by atoms with van der Waals surface area (Å²) in [5, 5.41) is 3.17. The zero-order chi connectivity index (χ0) is 11.5. The maximum Gasteiger partial charge on any atom is 0.202 e. The smallest absolute Gasteiger partial charge is 0.202 e. The summed E-state index contributed by atoms with van der Waals surface area (Å²) in [6, 6.07) is 0. The van der Waals surface area contributed by atoms with Crippen LogP contribution in [-0.4, -0.2) is 16.6 Å². The topological polar surface area (TPSA) is 29.9 Å². The number of nitrogens with one attached hydrogen (secondary N) is 1. The minimum absolute atomic E-state index is 0.844. The normalized spacial score (nSPS) is 25.7. The highest BCUT2D eigenvalue weighted by atomic mass is 15.2. The zero-order valence-electron chi connectivity index (χ0n) is 10.7. The second-order valence-corrected chi connectivity index (χ2v) is 5.23. The molecule has 0 atom stereocenters. The van der Waals surface area contributed by atoms with Crippen molar-refractivity contribution < 1.29 is 0 Å². The summed E-state index contributed by atoms with van der Waals surface area (Å²) in [6.07, 6.45) is 7.70. The molecular formula is C13H23N3. The van der Waals surface area contributed by atoms with E-state index in [9.17, 15) is 0 Å². The van der Waals surface area contributed by atoms with Crippen LogP contribution in [0, 0.1) is 18.8 Å². The Hall–Kier alpha value is -0.990. The molecule has 1 aliphatic carbocycles. The fourth-order valence-electron chi connectivity index (χ4n) is 2.68. The van der Waals surface area contributed by atoms with Crippen LogP contribution in [0.5, 0.6) is 0 Å². The number of nitrogens with zero attached hydrogens (tertiary/aromatic N) is 2. The quantitative estimate of drug-likeness (QED) is 0.850. The van der Waals surface area contributed by atoms with Gasteiger partial charge in [-0.1, -0.05) is 19.8 Å². The van der Waals surface area contributed by atoms with Crippen molar-refractivity contribution in [1.82, 2.24) is 9.55 Å². The Labute approximate surface area is 98.3 Å². The van der Waals surface area contributed by atoms with E-state index in [0.717, 1.165) is 30.0 Å². The largest absolute Gasteiger partial charge is 0.359 e. The molecule has 0 bridgehead atoms. The number of anilines is 1. The van der Waals surface area contributed by atoms with Crippen molar-refractivity contribution >= 4 is 5.95 Å². The Morgan fingerprint density at radius 1 is 1.38 bits per heavy atom. The van der Waals surface area contributed by atoms with E-state index in [1.165, 1.54) is 25.7 Å². The summed E-state index contributed by atoms with van der Waals surface area (Å²) in [7, 11) is 1.95. The van der Waals surface area contributed by atoms with Crippen LogP contribution >= 0.6 is 0 Å². The summed E-state index contributed by atoms with van der Waals surface area (Å²) in [6.45, 7) is 5.56.